The van der Waals surface area contributed by atoms with Crippen molar-refractivity contribution in [1.82, 2.24) is 10.2 Å². The number of amides is 2. The highest BCUT2D eigenvalue weighted by Gasteiger charge is 2.43. The van der Waals surface area contributed by atoms with E-state index in [1.165, 1.54) is 24.1 Å². The summed E-state index contributed by atoms with van der Waals surface area (Å²) in [5.41, 5.74) is 0.0555. The smallest absolute Gasteiger partial charge is 0.326 e. The van der Waals surface area contributed by atoms with E-state index < -0.39 is 35.7 Å². The van der Waals surface area contributed by atoms with Crippen molar-refractivity contribution >= 4 is 17.8 Å². The number of hydrogen-bond donors (Lipinski definition) is 2. The van der Waals surface area contributed by atoms with Crippen LogP contribution in [-0.4, -0.2) is 53.0 Å². The largest absolute Gasteiger partial charge is 0.494 e. The van der Waals surface area contributed by atoms with Gasteiger partial charge in [0, 0.05) is 11.6 Å². The third kappa shape index (κ3) is 3.79. The molecule has 2 aliphatic heterocycles. The van der Waals surface area contributed by atoms with Crippen LogP contribution in [0.5, 0.6) is 5.75 Å². The van der Waals surface area contributed by atoms with Gasteiger partial charge in [0.1, 0.15) is 12.1 Å². The second kappa shape index (κ2) is 7.77. The molecular formula is C19H21FN2O5. The first-order valence-electron chi connectivity index (χ1n) is 8.76. The van der Waals surface area contributed by atoms with Crippen LogP contribution in [0.3, 0.4) is 0 Å². The summed E-state index contributed by atoms with van der Waals surface area (Å²) in [4.78, 5) is 38.3. The Balaban J connectivity index is 1.80. The van der Waals surface area contributed by atoms with E-state index in [0.29, 0.717) is 19.3 Å². The summed E-state index contributed by atoms with van der Waals surface area (Å²) in [6.07, 6.45) is 5.56. The average molecular weight is 376 g/mol. The molecule has 8 heteroatoms. The zero-order valence-electron chi connectivity index (χ0n) is 14.9. The number of aliphatic carboxylic acids is 1. The second-order valence-electron chi connectivity index (χ2n) is 6.65. The predicted octanol–water partition coefficient (Wildman–Crippen LogP) is 1.73. The van der Waals surface area contributed by atoms with Crippen molar-refractivity contribution in [2.75, 3.05) is 7.11 Å². The molecule has 7 nitrogen and oxygen atoms in total. The Morgan fingerprint density at radius 3 is 2.67 bits per heavy atom. The van der Waals surface area contributed by atoms with Crippen molar-refractivity contribution in [1.29, 1.82) is 0 Å². The fourth-order valence-corrected chi connectivity index (χ4v) is 3.63. The highest BCUT2D eigenvalue weighted by molar-refractivity contribution is 5.98. The molecule has 144 valence electrons. The molecule has 2 amide bonds. The van der Waals surface area contributed by atoms with Crippen molar-refractivity contribution in [3.8, 4) is 5.75 Å². The number of carbonyl (C=O) groups is 3. The van der Waals surface area contributed by atoms with Gasteiger partial charge in [0.2, 0.25) is 5.91 Å². The van der Waals surface area contributed by atoms with Crippen LogP contribution in [0.25, 0.3) is 0 Å². The summed E-state index contributed by atoms with van der Waals surface area (Å²) < 4.78 is 18.7. The van der Waals surface area contributed by atoms with Crippen LogP contribution in [0.2, 0.25) is 0 Å². The number of nitrogens with zero attached hydrogens (tertiary/aromatic N) is 1. The Morgan fingerprint density at radius 1 is 1.26 bits per heavy atom. The molecule has 2 heterocycles. The first-order chi connectivity index (χ1) is 12.9. The van der Waals surface area contributed by atoms with E-state index in [9.17, 15) is 23.9 Å². The molecule has 2 N–H and O–H groups in total. The number of carboxylic acid groups (broad SMARTS) is 1. The first-order valence-corrected chi connectivity index (χ1v) is 8.76. The molecule has 0 aromatic heterocycles. The number of carbonyl (C=O) groups excluding carboxylic acids is 2. The van der Waals surface area contributed by atoms with Crippen molar-refractivity contribution in [3.05, 3.63) is 41.7 Å². The lowest BCUT2D eigenvalue weighted by molar-refractivity contribution is -0.150. The van der Waals surface area contributed by atoms with E-state index in [4.69, 9.17) is 4.74 Å². The van der Waals surface area contributed by atoms with Gasteiger partial charge in [-0.15, -0.1) is 0 Å². The number of benzene rings is 1. The van der Waals surface area contributed by atoms with Crippen LogP contribution < -0.4 is 10.1 Å². The number of fused-ring (bicyclic) bond motifs is 1. The Morgan fingerprint density at radius 2 is 2.00 bits per heavy atom. The molecule has 0 saturated carbocycles. The maximum Gasteiger partial charge on any atom is 0.326 e. The average Bonchev–Trinajstić information content (AvgIpc) is 3.05. The van der Waals surface area contributed by atoms with Crippen LogP contribution in [0.15, 0.2) is 30.4 Å². The highest BCUT2D eigenvalue weighted by atomic mass is 19.1. The Labute approximate surface area is 155 Å². The maximum absolute atomic E-state index is 13.8. The second-order valence-corrected chi connectivity index (χ2v) is 6.65. The topological polar surface area (TPSA) is 95.9 Å². The zero-order valence-corrected chi connectivity index (χ0v) is 14.9. The van der Waals surface area contributed by atoms with E-state index in [0.717, 1.165) is 6.07 Å². The molecular weight excluding hydrogens is 355 g/mol. The van der Waals surface area contributed by atoms with Gasteiger partial charge in [-0.25, -0.2) is 9.18 Å². The molecule has 0 unspecified atom stereocenters. The van der Waals surface area contributed by atoms with E-state index in [1.807, 2.05) is 12.2 Å². The summed E-state index contributed by atoms with van der Waals surface area (Å²) in [6, 6.07) is 1.80. The molecule has 1 saturated heterocycles. The van der Waals surface area contributed by atoms with Gasteiger partial charge in [0.05, 0.1) is 7.11 Å². The Hall–Kier alpha value is -2.90. The van der Waals surface area contributed by atoms with E-state index in [1.54, 1.807) is 0 Å². The first kappa shape index (κ1) is 18.9. The monoisotopic (exact) mass is 376 g/mol. The zero-order chi connectivity index (χ0) is 19.6. The minimum atomic E-state index is -1.04. The number of ether oxygens (including phenoxy) is 1. The molecule has 3 atom stereocenters. The molecule has 2 aliphatic rings. The number of nitrogens with one attached hydrogen (secondary N) is 1. The Bertz CT molecular complexity index is 794. The van der Waals surface area contributed by atoms with Gasteiger partial charge >= 0.3 is 5.97 Å². The minimum Gasteiger partial charge on any atom is -0.494 e. The summed E-state index contributed by atoms with van der Waals surface area (Å²) in [6.45, 7) is 0. The SMILES string of the molecule is COc1ccc(C(=O)N[C@H]2CC=CC[C@@H]3CC[C@@H](C(=O)O)N3C2=O)cc1F. The molecule has 1 aromatic carbocycles. The fourth-order valence-electron chi connectivity index (χ4n) is 3.63. The lowest BCUT2D eigenvalue weighted by atomic mass is 10.0. The standard InChI is InChI=1S/C19H21FN2O5/c1-27-16-9-6-11(10-13(16)20)17(23)21-14-5-3-2-4-12-7-8-15(19(25)26)22(12)18(14)24/h2-3,6,9-10,12,14-15H,4-5,7-8H2,1H3,(H,21,23)(H,25,26)/t12-,14+,15+/m1/s1. The molecule has 0 bridgehead atoms. The minimum absolute atomic E-state index is 0.0146. The van der Waals surface area contributed by atoms with Gasteiger partial charge in [-0.1, -0.05) is 12.2 Å². The highest BCUT2D eigenvalue weighted by Crippen LogP contribution is 2.29. The van der Waals surface area contributed by atoms with Crippen LogP contribution in [-0.2, 0) is 9.59 Å². The Kier molecular flexibility index (Phi) is 5.43. The number of carboxylic acids is 1. The summed E-state index contributed by atoms with van der Waals surface area (Å²) in [5, 5.41) is 12.0. The quantitative estimate of drug-likeness (QED) is 0.780. The van der Waals surface area contributed by atoms with Crippen LogP contribution >= 0.6 is 0 Å². The van der Waals surface area contributed by atoms with Gasteiger partial charge in [-0.05, 0) is 43.9 Å². The summed E-state index contributed by atoms with van der Waals surface area (Å²) >= 11 is 0. The third-order valence-corrected chi connectivity index (χ3v) is 5.01. The lowest BCUT2D eigenvalue weighted by Gasteiger charge is -2.32. The summed E-state index contributed by atoms with van der Waals surface area (Å²) in [7, 11) is 1.32. The van der Waals surface area contributed by atoms with Crippen molar-refractivity contribution in [3.63, 3.8) is 0 Å². The number of halogens is 1. The van der Waals surface area contributed by atoms with E-state index in [2.05, 4.69) is 5.32 Å². The molecule has 27 heavy (non-hydrogen) atoms. The summed E-state index contributed by atoms with van der Waals surface area (Å²) in [5.74, 6) is -2.74. The molecule has 1 fully saturated rings. The fraction of sp³-hybridized carbons (Fsp3) is 0.421. The van der Waals surface area contributed by atoms with Crippen molar-refractivity contribution in [2.24, 2.45) is 0 Å². The van der Waals surface area contributed by atoms with Gasteiger partial charge in [0.25, 0.3) is 5.91 Å². The molecule has 0 spiro atoms. The van der Waals surface area contributed by atoms with E-state index in [-0.39, 0.29) is 23.8 Å². The maximum atomic E-state index is 13.8. The molecule has 3 rings (SSSR count). The van der Waals surface area contributed by atoms with Crippen LogP contribution in [0, 0.1) is 5.82 Å². The van der Waals surface area contributed by atoms with Crippen molar-refractivity contribution in [2.45, 2.75) is 43.8 Å². The lowest BCUT2D eigenvalue weighted by Crippen LogP contribution is -2.54. The molecule has 0 aliphatic carbocycles. The predicted molar refractivity (Wildman–Crippen MR) is 93.9 cm³/mol. The van der Waals surface area contributed by atoms with Crippen molar-refractivity contribution < 1.29 is 28.6 Å². The van der Waals surface area contributed by atoms with E-state index >= 15 is 0 Å². The van der Waals surface area contributed by atoms with Crippen LogP contribution in [0.4, 0.5) is 4.39 Å². The van der Waals surface area contributed by atoms with Gasteiger partial charge in [-0.2, -0.15) is 0 Å². The van der Waals surface area contributed by atoms with Gasteiger partial charge in [-0.3, -0.25) is 9.59 Å². The normalized spacial score (nSPS) is 24.7. The number of rotatable bonds is 4. The molecule has 0 radical (unpaired) electrons. The van der Waals surface area contributed by atoms with Gasteiger partial charge < -0.3 is 20.1 Å². The molecule has 1 aromatic rings. The van der Waals surface area contributed by atoms with Gasteiger partial charge in [0.15, 0.2) is 11.6 Å². The third-order valence-electron chi connectivity index (χ3n) is 5.01. The van der Waals surface area contributed by atoms with Crippen LogP contribution in [0.1, 0.15) is 36.0 Å². The number of methoxy groups -OCH3 is 1. The number of hydrogen-bond acceptors (Lipinski definition) is 4.